The number of carbonyl (C=O) groups excluding carboxylic acids is 1. The number of hydrogen-bond donors (Lipinski definition) is 0. The van der Waals surface area contributed by atoms with Crippen LogP contribution in [0.5, 0.6) is 0 Å². The van der Waals surface area contributed by atoms with Crippen LogP contribution in [0.1, 0.15) is 23.7 Å². The average Bonchev–Trinajstić information content (AvgIpc) is 2.75. The summed E-state index contributed by atoms with van der Waals surface area (Å²) in [6, 6.07) is 9.16. The van der Waals surface area contributed by atoms with Gasteiger partial charge in [0, 0.05) is 19.0 Å². The predicted molar refractivity (Wildman–Crippen MR) is 61.1 cm³/mol. The number of amides is 1. The van der Waals surface area contributed by atoms with Gasteiger partial charge in [-0.25, -0.2) is 0 Å². The second-order valence-corrected chi connectivity index (χ2v) is 3.87. The van der Waals surface area contributed by atoms with Gasteiger partial charge in [0.05, 0.1) is 5.71 Å². The van der Waals surface area contributed by atoms with E-state index in [0.29, 0.717) is 12.0 Å². The zero-order chi connectivity index (χ0) is 11.5. The van der Waals surface area contributed by atoms with E-state index in [1.807, 2.05) is 25.1 Å². The monoisotopic (exact) mass is 218 g/mol. The molecule has 0 saturated heterocycles. The average molecular weight is 218 g/mol. The molecule has 84 valence electrons. The van der Waals surface area contributed by atoms with Crippen LogP contribution in [0.3, 0.4) is 0 Å². The zero-order valence-corrected chi connectivity index (χ0v) is 9.38. The minimum atomic E-state index is -0.271. The Hall–Kier alpha value is -1.84. The van der Waals surface area contributed by atoms with Crippen LogP contribution in [0.25, 0.3) is 0 Å². The third-order valence-electron chi connectivity index (χ3n) is 2.57. The lowest BCUT2D eigenvalue weighted by Crippen LogP contribution is -2.37. The van der Waals surface area contributed by atoms with E-state index >= 15 is 0 Å². The van der Waals surface area contributed by atoms with Crippen LogP contribution >= 0.6 is 0 Å². The number of oxime groups is 1. The number of hydrogen-bond acceptors (Lipinski definition) is 3. The summed E-state index contributed by atoms with van der Waals surface area (Å²) >= 11 is 0. The van der Waals surface area contributed by atoms with Crippen LogP contribution in [0.15, 0.2) is 35.5 Å². The highest BCUT2D eigenvalue weighted by molar-refractivity contribution is 5.94. The summed E-state index contributed by atoms with van der Waals surface area (Å²) in [7, 11) is 1.73. The molecule has 0 aliphatic carbocycles. The lowest BCUT2D eigenvalue weighted by atomic mass is 10.2. The van der Waals surface area contributed by atoms with Crippen molar-refractivity contribution in [2.45, 2.75) is 19.6 Å². The zero-order valence-electron chi connectivity index (χ0n) is 9.38. The van der Waals surface area contributed by atoms with Gasteiger partial charge in [-0.05, 0) is 19.1 Å². The quantitative estimate of drug-likeness (QED) is 0.760. The molecule has 0 aromatic heterocycles. The van der Waals surface area contributed by atoms with E-state index in [2.05, 4.69) is 5.16 Å². The summed E-state index contributed by atoms with van der Waals surface area (Å²) < 4.78 is 0. The van der Waals surface area contributed by atoms with Crippen molar-refractivity contribution in [1.29, 1.82) is 0 Å². The summed E-state index contributed by atoms with van der Waals surface area (Å²) in [5.41, 5.74) is 1.58. The molecule has 0 unspecified atom stereocenters. The van der Waals surface area contributed by atoms with Gasteiger partial charge in [0.15, 0.2) is 0 Å². The first-order chi connectivity index (χ1) is 7.68. The first kappa shape index (κ1) is 10.7. The summed E-state index contributed by atoms with van der Waals surface area (Å²) in [5.74, 6) is -0.0458. The third-order valence-corrected chi connectivity index (χ3v) is 2.57. The van der Waals surface area contributed by atoms with E-state index < -0.39 is 0 Å². The van der Waals surface area contributed by atoms with Crippen LogP contribution < -0.4 is 0 Å². The summed E-state index contributed by atoms with van der Waals surface area (Å²) in [4.78, 5) is 18.8. The standard InChI is InChI=1S/C12H14N2O2/c1-9-8-11(16-13-9)14(2)12(15)10-6-4-3-5-7-10/h3-7,11H,8H2,1-2H3/t11-/m0/s1. The molecule has 2 rings (SSSR count). The molecule has 1 aromatic carbocycles. The van der Waals surface area contributed by atoms with Gasteiger partial charge >= 0.3 is 0 Å². The molecule has 16 heavy (non-hydrogen) atoms. The van der Waals surface area contributed by atoms with Crippen molar-refractivity contribution in [1.82, 2.24) is 4.90 Å². The Morgan fingerprint density at radius 1 is 1.44 bits per heavy atom. The van der Waals surface area contributed by atoms with E-state index in [9.17, 15) is 4.79 Å². The number of carbonyl (C=O) groups is 1. The van der Waals surface area contributed by atoms with E-state index in [-0.39, 0.29) is 12.1 Å². The molecule has 1 aromatic rings. The maximum absolute atomic E-state index is 12.0. The summed E-state index contributed by atoms with van der Waals surface area (Å²) in [5, 5.41) is 3.84. The molecule has 0 saturated carbocycles. The van der Waals surface area contributed by atoms with Gasteiger partial charge in [-0.2, -0.15) is 0 Å². The Kier molecular flexibility index (Phi) is 2.90. The molecule has 1 amide bonds. The minimum Gasteiger partial charge on any atom is -0.370 e. The first-order valence-corrected chi connectivity index (χ1v) is 5.20. The van der Waals surface area contributed by atoms with E-state index in [4.69, 9.17) is 4.84 Å². The highest BCUT2D eigenvalue weighted by atomic mass is 16.7. The lowest BCUT2D eigenvalue weighted by Gasteiger charge is -2.22. The van der Waals surface area contributed by atoms with Gasteiger partial charge in [-0.15, -0.1) is 0 Å². The molecule has 0 fully saturated rings. The van der Waals surface area contributed by atoms with Crippen LogP contribution in [-0.4, -0.2) is 29.8 Å². The highest BCUT2D eigenvalue weighted by Crippen LogP contribution is 2.15. The van der Waals surface area contributed by atoms with Crippen molar-refractivity contribution >= 4 is 11.6 Å². The number of rotatable bonds is 2. The maximum atomic E-state index is 12.0. The maximum Gasteiger partial charge on any atom is 0.256 e. The van der Waals surface area contributed by atoms with Crippen LogP contribution in [0, 0.1) is 0 Å². The fraction of sp³-hybridized carbons (Fsp3) is 0.333. The van der Waals surface area contributed by atoms with Crippen molar-refractivity contribution < 1.29 is 9.63 Å². The molecule has 0 N–H and O–H groups in total. The largest absolute Gasteiger partial charge is 0.370 e. The molecule has 0 spiro atoms. The van der Waals surface area contributed by atoms with Crippen molar-refractivity contribution in [3.05, 3.63) is 35.9 Å². The molecule has 1 aliphatic rings. The topological polar surface area (TPSA) is 41.9 Å². The molecule has 0 bridgehead atoms. The van der Waals surface area contributed by atoms with Crippen molar-refractivity contribution in [3.8, 4) is 0 Å². The van der Waals surface area contributed by atoms with Crippen LogP contribution in [0.2, 0.25) is 0 Å². The molecule has 1 atom stereocenters. The van der Waals surface area contributed by atoms with Gasteiger partial charge in [-0.1, -0.05) is 23.4 Å². The van der Waals surface area contributed by atoms with Crippen LogP contribution in [-0.2, 0) is 4.84 Å². The van der Waals surface area contributed by atoms with Gasteiger partial charge in [0.25, 0.3) is 5.91 Å². The Morgan fingerprint density at radius 3 is 2.69 bits per heavy atom. The van der Waals surface area contributed by atoms with Gasteiger partial charge in [0.1, 0.15) is 0 Å². The van der Waals surface area contributed by atoms with Crippen LogP contribution in [0.4, 0.5) is 0 Å². The highest BCUT2D eigenvalue weighted by Gasteiger charge is 2.26. The molecule has 0 radical (unpaired) electrons. The minimum absolute atomic E-state index is 0.0458. The van der Waals surface area contributed by atoms with Gasteiger partial charge < -0.3 is 9.74 Å². The normalized spacial score (nSPS) is 18.9. The molecule has 1 heterocycles. The van der Waals surface area contributed by atoms with Crippen molar-refractivity contribution in [2.24, 2.45) is 5.16 Å². The van der Waals surface area contributed by atoms with E-state index in [1.165, 1.54) is 0 Å². The Labute approximate surface area is 94.5 Å². The molecule has 1 aliphatic heterocycles. The second-order valence-electron chi connectivity index (χ2n) is 3.87. The molecular weight excluding hydrogens is 204 g/mol. The fourth-order valence-corrected chi connectivity index (χ4v) is 1.60. The van der Waals surface area contributed by atoms with Gasteiger partial charge in [-0.3, -0.25) is 4.79 Å². The van der Waals surface area contributed by atoms with Crippen molar-refractivity contribution in [3.63, 3.8) is 0 Å². The second kappa shape index (κ2) is 4.35. The van der Waals surface area contributed by atoms with Crippen molar-refractivity contribution in [2.75, 3.05) is 7.05 Å². The number of benzene rings is 1. The summed E-state index contributed by atoms with van der Waals surface area (Å²) in [6.45, 7) is 1.89. The van der Waals surface area contributed by atoms with E-state index in [0.717, 1.165) is 5.71 Å². The molecule has 4 heteroatoms. The third kappa shape index (κ3) is 2.05. The SMILES string of the molecule is CC1=NO[C@H](N(C)C(=O)c2ccccc2)C1. The Balaban J connectivity index is 2.06. The van der Waals surface area contributed by atoms with Gasteiger partial charge in [0.2, 0.25) is 6.23 Å². The Bertz CT molecular complexity index is 414. The predicted octanol–water partition coefficient (Wildman–Crippen LogP) is 1.88. The number of nitrogens with zero attached hydrogens (tertiary/aromatic N) is 2. The smallest absolute Gasteiger partial charge is 0.256 e. The fourth-order valence-electron chi connectivity index (χ4n) is 1.60. The summed E-state index contributed by atoms with van der Waals surface area (Å²) in [6.07, 6.45) is 0.405. The molecule has 4 nitrogen and oxygen atoms in total. The lowest BCUT2D eigenvalue weighted by molar-refractivity contribution is -0.0145. The molecular formula is C12H14N2O2. The first-order valence-electron chi connectivity index (χ1n) is 5.20. The Morgan fingerprint density at radius 2 is 2.12 bits per heavy atom. The van der Waals surface area contributed by atoms with E-state index in [1.54, 1.807) is 24.1 Å².